The van der Waals surface area contributed by atoms with Gasteiger partial charge in [-0.15, -0.1) is 5.10 Å². The van der Waals surface area contributed by atoms with E-state index in [9.17, 15) is 4.79 Å². The Morgan fingerprint density at radius 1 is 1.30 bits per heavy atom. The van der Waals surface area contributed by atoms with Crippen LogP contribution in [0.2, 0.25) is 0 Å². The minimum atomic E-state index is -0.514. The molecule has 0 bridgehead atoms. The smallest absolute Gasteiger partial charge is 0.356 e. The van der Waals surface area contributed by atoms with Gasteiger partial charge in [0.1, 0.15) is 5.82 Å². The summed E-state index contributed by atoms with van der Waals surface area (Å²) in [5, 5.41) is 4.37. The van der Waals surface area contributed by atoms with Crippen molar-refractivity contribution in [3.8, 4) is 5.82 Å². The van der Waals surface area contributed by atoms with Crippen molar-refractivity contribution in [2.45, 2.75) is 26.7 Å². The van der Waals surface area contributed by atoms with E-state index in [4.69, 9.17) is 5.73 Å². The van der Waals surface area contributed by atoms with Gasteiger partial charge in [0.05, 0.1) is 12.8 Å². The Morgan fingerprint density at radius 3 is 2.65 bits per heavy atom. The van der Waals surface area contributed by atoms with Crippen LogP contribution in [0.15, 0.2) is 12.1 Å². The highest BCUT2D eigenvalue weighted by atomic mass is 16.5. The summed E-state index contributed by atoms with van der Waals surface area (Å²) < 4.78 is 6.25. The van der Waals surface area contributed by atoms with Gasteiger partial charge in [0, 0.05) is 12.8 Å². The number of aryl methyl sites for hydroxylation is 2. The SMILES string of the molecule is CCc1nc(CC)n(-c2nc(C(=O)OC)ccc2N)n1. The summed E-state index contributed by atoms with van der Waals surface area (Å²) in [6, 6.07) is 3.13. The topological polar surface area (TPSA) is 95.9 Å². The molecule has 0 fully saturated rings. The van der Waals surface area contributed by atoms with Crippen LogP contribution in [-0.2, 0) is 17.6 Å². The standard InChI is InChI=1S/C13H17N5O2/c1-4-10-16-11(5-2)18(17-10)12-8(14)6-7-9(15-12)13(19)20-3/h6-7H,4-5,14H2,1-3H3. The quantitative estimate of drug-likeness (QED) is 0.841. The molecule has 2 aromatic heterocycles. The first-order valence-electron chi connectivity index (χ1n) is 6.40. The molecule has 0 unspecified atom stereocenters. The number of aromatic nitrogens is 4. The maximum absolute atomic E-state index is 11.6. The fourth-order valence-electron chi connectivity index (χ4n) is 1.79. The Balaban J connectivity index is 2.56. The molecular weight excluding hydrogens is 258 g/mol. The third-order valence-electron chi connectivity index (χ3n) is 2.85. The summed E-state index contributed by atoms with van der Waals surface area (Å²) >= 11 is 0. The van der Waals surface area contributed by atoms with Crippen LogP contribution in [0, 0.1) is 0 Å². The summed E-state index contributed by atoms with van der Waals surface area (Å²) in [6.07, 6.45) is 1.41. The lowest BCUT2D eigenvalue weighted by Crippen LogP contribution is -2.12. The molecule has 7 heteroatoms. The third kappa shape index (κ3) is 2.47. The largest absolute Gasteiger partial charge is 0.464 e. The van der Waals surface area contributed by atoms with Crippen molar-refractivity contribution in [3.05, 3.63) is 29.5 Å². The van der Waals surface area contributed by atoms with Crippen molar-refractivity contribution in [1.29, 1.82) is 0 Å². The first-order chi connectivity index (χ1) is 9.60. The second kappa shape index (κ2) is 5.68. The van der Waals surface area contributed by atoms with Crippen molar-refractivity contribution in [1.82, 2.24) is 19.7 Å². The van der Waals surface area contributed by atoms with E-state index < -0.39 is 5.97 Å². The molecule has 0 aliphatic heterocycles. The zero-order valence-electron chi connectivity index (χ0n) is 11.8. The van der Waals surface area contributed by atoms with Gasteiger partial charge in [-0.3, -0.25) is 0 Å². The van der Waals surface area contributed by atoms with Crippen LogP contribution in [0.1, 0.15) is 36.0 Å². The summed E-state index contributed by atoms with van der Waals surface area (Å²) in [4.78, 5) is 20.2. The van der Waals surface area contributed by atoms with Crippen molar-refractivity contribution in [2.24, 2.45) is 0 Å². The Bertz CT molecular complexity index is 636. The minimum absolute atomic E-state index is 0.187. The second-order valence-electron chi connectivity index (χ2n) is 4.16. The number of methoxy groups -OCH3 is 1. The number of nitrogens with zero attached hydrogens (tertiary/aromatic N) is 4. The number of rotatable bonds is 4. The Hall–Kier alpha value is -2.44. The summed E-state index contributed by atoms with van der Waals surface area (Å²) in [5.74, 6) is 1.35. The molecule has 0 aliphatic rings. The summed E-state index contributed by atoms with van der Waals surface area (Å²) in [5.41, 5.74) is 6.55. The number of nitrogen functional groups attached to an aromatic ring is 1. The van der Waals surface area contributed by atoms with Crippen molar-refractivity contribution < 1.29 is 9.53 Å². The summed E-state index contributed by atoms with van der Waals surface area (Å²) in [6.45, 7) is 3.95. The Kier molecular flexibility index (Phi) is 3.97. The van der Waals surface area contributed by atoms with Crippen molar-refractivity contribution >= 4 is 11.7 Å². The second-order valence-corrected chi connectivity index (χ2v) is 4.16. The lowest BCUT2D eigenvalue weighted by Gasteiger charge is -2.08. The average Bonchev–Trinajstić information content (AvgIpc) is 2.90. The molecule has 2 N–H and O–H groups in total. The minimum Gasteiger partial charge on any atom is -0.464 e. The van der Waals surface area contributed by atoms with Gasteiger partial charge in [0.2, 0.25) is 0 Å². The first kappa shape index (κ1) is 14.0. The van der Waals surface area contributed by atoms with Gasteiger partial charge in [-0.05, 0) is 12.1 Å². The number of ether oxygens (including phenoxy) is 1. The molecule has 2 aromatic rings. The van der Waals surface area contributed by atoms with Gasteiger partial charge in [-0.1, -0.05) is 13.8 Å². The van der Waals surface area contributed by atoms with E-state index in [0.717, 1.165) is 12.2 Å². The van der Waals surface area contributed by atoms with Gasteiger partial charge in [0.15, 0.2) is 17.3 Å². The number of hydrogen-bond acceptors (Lipinski definition) is 6. The number of pyridine rings is 1. The van der Waals surface area contributed by atoms with Crippen LogP contribution in [0.5, 0.6) is 0 Å². The molecule has 0 spiro atoms. The Labute approximate surface area is 116 Å². The normalized spacial score (nSPS) is 10.6. The number of hydrogen-bond donors (Lipinski definition) is 1. The number of esters is 1. The lowest BCUT2D eigenvalue weighted by atomic mass is 10.3. The highest BCUT2D eigenvalue weighted by Crippen LogP contribution is 2.17. The van der Waals surface area contributed by atoms with E-state index in [1.807, 2.05) is 13.8 Å². The molecule has 20 heavy (non-hydrogen) atoms. The molecule has 0 atom stereocenters. The van der Waals surface area contributed by atoms with Gasteiger partial charge in [-0.25, -0.2) is 14.8 Å². The zero-order valence-corrected chi connectivity index (χ0v) is 11.8. The average molecular weight is 275 g/mol. The monoisotopic (exact) mass is 275 g/mol. The van der Waals surface area contributed by atoms with E-state index in [2.05, 4.69) is 19.8 Å². The van der Waals surface area contributed by atoms with Gasteiger partial charge in [0.25, 0.3) is 0 Å². The van der Waals surface area contributed by atoms with Crippen LogP contribution in [0.4, 0.5) is 5.69 Å². The molecule has 0 radical (unpaired) electrons. The van der Waals surface area contributed by atoms with E-state index >= 15 is 0 Å². The first-order valence-corrected chi connectivity index (χ1v) is 6.40. The number of carbonyl (C=O) groups is 1. The van der Waals surface area contributed by atoms with Crippen LogP contribution in [0.25, 0.3) is 5.82 Å². The zero-order chi connectivity index (χ0) is 14.7. The molecule has 2 heterocycles. The van der Waals surface area contributed by atoms with E-state index in [0.29, 0.717) is 23.8 Å². The number of nitrogens with two attached hydrogens (primary N) is 1. The third-order valence-corrected chi connectivity index (χ3v) is 2.85. The predicted octanol–water partition coefficient (Wildman–Crippen LogP) is 1.16. The van der Waals surface area contributed by atoms with Gasteiger partial charge >= 0.3 is 5.97 Å². The lowest BCUT2D eigenvalue weighted by molar-refractivity contribution is 0.0594. The number of carbonyl (C=O) groups excluding carboxylic acids is 1. The Morgan fingerprint density at radius 2 is 2.05 bits per heavy atom. The van der Waals surface area contributed by atoms with Crippen molar-refractivity contribution in [2.75, 3.05) is 12.8 Å². The molecule has 0 saturated carbocycles. The van der Waals surface area contributed by atoms with Crippen molar-refractivity contribution in [3.63, 3.8) is 0 Å². The maximum atomic E-state index is 11.6. The maximum Gasteiger partial charge on any atom is 0.356 e. The highest BCUT2D eigenvalue weighted by Gasteiger charge is 2.16. The predicted molar refractivity (Wildman–Crippen MR) is 73.7 cm³/mol. The molecule has 106 valence electrons. The molecule has 0 saturated heterocycles. The van der Waals surface area contributed by atoms with E-state index in [-0.39, 0.29) is 5.69 Å². The van der Waals surface area contributed by atoms with Gasteiger partial charge in [-0.2, -0.15) is 4.68 Å². The van der Waals surface area contributed by atoms with E-state index in [1.165, 1.54) is 13.2 Å². The van der Waals surface area contributed by atoms with Crippen LogP contribution < -0.4 is 5.73 Å². The molecule has 0 aromatic carbocycles. The number of anilines is 1. The molecule has 0 amide bonds. The molecule has 0 aliphatic carbocycles. The van der Waals surface area contributed by atoms with Crippen LogP contribution >= 0.6 is 0 Å². The fourth-order valence-corrected chi connectivity index (χ4v) is 1.79. The summed E-state index contributed by atoms with van der Waals surface area (Å²) in [7, 11) is 1.31. The highest BCUT2D eigenvalue weighted by molar-refractivity contribution is 5.88. The van der Waals surface area contributed by atoms with Crippen LogP contribution in [-0.4, -0.2) is 32.8 Å². The fraction of sp³-hybridized carbons (Fsp3) is 0.385. The van der Waals surface area contributed by atoms with E-state index in [1.54, 1.807) is 10.7 Å². The van der Waals surface area contributed by atoms with Gasteiger partial charge < -0.3 is 10.5 Å². The molecule has 2 rings (SSSR count). The van der Waals surface area contributed by atoms with Crippen LogP contribution in [0.3, 0.4) is 0 Å². The molecule has 7 nitrogen and oxygen atoms in total. The molecular formula is C13H17N5O2.